The second-order valence-electron chi connectivity index (χ2n) is 10.1. The summed E-state index contributed by atoms with van der Waals surface area (Å²) in [6.45, 7) is 9.94. The molecule has 2 aliphatic carbocycles. The number of allylic oxidation sites excluding steroid dienone is 6. The number of hydrogen-bond donors (Lipinski definition) is 2. The molecule has 170 valence electrons. The molecule has 2 unspecified atom stereocenters. The monoisotopic (exact) mass is 450 g/mol. The van der Waals surface area contributed by atoms with Gasteiger partial charge >= 0.3 is 0 Å². The molecule has 0 radical (unpaired) electrons. The number of halogens is 1. The number of nitrogens with one attached hydrogen (secondary N) is 2. The average molecular weight is 451 g/mol. The van der Waals surface area contributed by atoms with Crippen LogP contribution >= 0.6 is 11.6 Å². The van der Waals surface area contributed by atoms with Crippen molar-refractivity contribution in [3.63, 3.8) is 0 Å². The fraction of sp³-hybridized carbons (Fsp3) is 0.519. The van der Waals surface area contributed by atoms with E-state index in [0.717, 1.165) is 43.3 Å². The number of imidazole rings is 1. The van der Waals surface area contributed by atoms with Crippen molar-refractivity contribution in [2.75, 3.05) is 13.1 Å². The lowest BCUT2D eigenvalue weighted by Crippen LogP contribution is -2.54. The van der Waals surface area contributed by atoms with Crippen LogP contribution < -0.4 is 10.6 Å². The van der Waals surface area contributed by atoms with Crippen LogP contribution in [0.25, 0.3) is 0 Å². The Morgan fingerprint density at radius 3 is 2.81 bits per heavy atom. The second kappa shape index (κ2) is 8.72. The van der Waals surface area contributed by atoms with Crippen LogP contribution in [0.5, 0.6) is 0 Å². The van der Waals surface area contributed by atoms with Crippen LogP contribution in [0, 0.1) is 24.7 Å². The lowest BCUT2D eigenvalue weighted by molar-refractivity contribution is 0.195. The van der Waals surface area contributed by atoms with Gasteiger partial charge in [-0.25, -0.2) is 4.98 Å². The van der Waals surface area contributed by atoms with Crippen LogP contribution in [0.2, 0.25) is 0 Å². The van der Waals surface area contributed by atoms with E-state index >= 15 is 0 Å². The summed E-state index contributed by atoms with van der Waals surface area (Å²) in [4.78, 5) is 4.41. The molecule has 0 aromatic carbocycles. The number of hydrogen-bond acceptors (Lipinski definition) is 3. The summed E-state index contributed by atoms with van der Waals surface area (Å²) < 4.78 is 2.25. The second-order valence-corrected chi connectivity index (χ2v) is 10.5. The Bertz CT molecular complexity index is 1030. The van der Waals surface area contributed by atoms with Gasteiger partial charge in [0.15, 0.2) is 0 Å². The smallest absolute Gasteiger partial charge is 0.105 e. The first-order chi connectivity index (χ1) is 15.5. The number of aromatic nitrogens is 2. The third kappa shape index (κ3) is 3.82. The van der Waals surface area contributed by atoms with Gasteiger partial charge in [-0.15, -0.1) is 0 Å². The highest BCUT2D eigenvalue weighted by atomic mass is 35.5. The van der Waals surface area contributed by atoms with Gasteiger partial charge < -0.3 is 15.2 Å². The molecule has 1 aromatic heterocycles. The Morgan fingerprint density at radius 2 is 2.06 bits per heavy atom. The summed E-state index contributed by atoms with van der Waals surface area (Å²) in [6, 6.07) is 0. The standard InChI is InChI=1S/C27H35ClN4/c1-18-15-23-22(17-25(18)28)16-21(8-13-32-14-12-30-19(32)2)24-5-4-9-31-27(24,3)26(23)20-6-10-29-11-7-20/h4-5,9,12,14,16-18,20,26,29,31H,6-8,10-11,13,15H2,1-3H3/t18?,26?,27-/m1/s1. The molecule has 1 saturated heterocycles. The molecule has 1 aromatic rings. The molecule has 0 spiro atoms. The van der Waals surface area contributed by atoms with Gasteiger partial charge in [0.2, 0.25) is 0 Å². The van der Waals surface area contributed by atoms with E-state index in [-0.39, 0.29) is 5.54 Å². The summed E-state index contributed by atoms with van der Waals surface area (Å²) >= 11 is 6.72. The van der Waals surface area contributed by atoms with Crippen molar-refractivity contribution in [2.24, 2.45) is 17.8 Å². The van der Waals surface area contributed by atoms with Gasteiger partial charge in [-0.05, 0) is 99.5 Å². The molecule has 3 heterocycles. The predicted molar refractivity (Wildman–Crippen MR) is 132 cm³/mol. The summed E-state index contributed by atoms with van der Waals surface area (Å²) in [5, 5.41) is 8.42. The summed E-state index contributed by atoms with van der Waals surface area (Å²) in [6.07, 6.45) is 19.8. The van der Waals surface area contributed by atoms with Crippen LogP contribution in [-0.2, 0) is 6.54 Å². The quantitative estimate of drug-likeness (QED) is 0.645. The number of dihydropyridines is 1. The molecule has 2 aliphatic heterocycles. The zero-order valence-corrected chi connectivity index (χ0v) is 20.3. The third-order valence-corrected chi connectivity index (χ3v) is 8.52. The van der Waals surface area contributed by atoms with E-state index in [1.165, 1.54) is 29.6 Å². The molecule has 0 amide bonds. The number of piperidine rings is 1. The van der Waals surface area contributed by atoms with E-state index < -0.39 is 0 Å². The molecule has 4 aliphatic rings. The molecule has 0 bridgehead atoms. The first-order valence-corrected chi connectivity index (χ1v) is 12.5. The van der Waals surface area contributed by atoms with Gasteiger partial charge in [-0.3, -0.25) is 0 Å². The molecule has 2 N–H and O–H groups in total. The van der Waals surface area contributed by atoms with Crippen molar-refractivity contribution < 1.29 is 0 Å². The molecular weight excluding hydrogens is 416 g/mol. The predicted octanol–water partition coefficient (Wildman–Crippen LogP) is 5.40. The van der Waals surface area contributed by atoms with Crippen molar-refractivity contribution in [1.29, 1.82) is 0 Å². The zero-order chi connectivity index (χ0) is 22.3. The third-order valence-electron chi connectivity index (χ3n) is 8.04. The average Bonchev–Trinajstić information content (AvgIpc) is 3.16. The molecular formula is C27H35ClN4. The molecule has 5 rings (SSSR count). The van der Waals surface area contributed by atoms with Crippen LogP contribution in [0.15, 0.2) is 70.2 Å². The molecule has 1 fully saturated rings. The molecule has 3 atom stereocenters. The minimum atomic E-state index is -0.110. The van der Waals surface area contributed by atoms with E-state index in [9.17, 15) is 0 Å². The van der Waals surface area contributed by atoms with Crippen molar-refractivity contribution in [2.45, 2.75) is 58.5 Å². The molecule has 32 heavy (non-hydrogen) atoms. The van der Waals surface area contributed by atoms with E-state index in [1.807, 2.05) is 6.20 Å². The largest absolute Gasteiger partial charge is 0.381 e. The molecule has 0 saturated carbocycles. The summed E-state index contributed by atoms with van der Waals surface area (Å²) in [5.41, 5.74) is 5.69. The van der Waals surface area contributed by atoms with Gasteiger partial charge in [0.1, 0.15) is 5.82 Å². The van der Waals surface area contributed by atoms with Crippen LogP contribution in [-0.4, -0.2) is 28.2 Å². The first kappa shape index (κ1) is 21.8. The lowest BCUT2D eigenvalue weighted by Gasteiger charge is -2.48. The van der Waals surface area contributed by atoms with Crippen molar-refractivity contribution in [3.8, 4) is 0 Å². The normalized spacial score (nSPS) is 30.6. The Morgan fingerprint density at radius 1 is 1.25 bits per heavy atom. The van der Waals surface area contributed by atoms with Gasteiger partial charge in [0.25, 0.3) is 0 Å². The van der Waals surface area contributed by atoms with Gasteiger partial charge in [0, 0.05) is 29.9 Å². The van der Waals surface area contributed by atoms with E-state index in [2.05, 4.69) is 77.7 Å². The minimum Gasteiger partial charge on any atom is -0.381 e. The highest BCUT2D eigenvalue weighted by molar-refractivity contribution is 6.30. The Kier molecular flexibility index (Phi) is 5.94. The Labute approximate surface area is 197 Å². The molecule has 4 nitrogen and oxygen atoms in total. The number of fused-ring (bicyclic) bond motifs is 1. The Hall–Kier alpha value is -2.04. The maximum atomic E-state index is 6.72. The van der Waals surface area contributed by atoms with Crippen molar-refractivity contribution >= 4 is 11.6 Å². The van der Waals surface area contributed by atoms with Gasteiger partial charge in [-0.2, -0.15) is 0 Å². The minimum absolute atomic E-state index is 0.110. The van der Waals surface area contributed by atoms with Crippen molar-refractivity contribution in [1.82, 2.24) is 20.2 Å². The maximum Gasteiger partial charge on any atom is 0.105 e. The highest BCUT2D eigenvalue weighted by Gasteiger charge is 2.47. The van der Waals surface area contributed by atoms with Crippen LogP contribution in [0.3, 0.4) is 0 Å². The van der Waals surface area contributed by atoms with Crippen molar-refractivity contribution in [3.05, 3.63) is 76.0 Å². The van der Waals surface area contributed by atoms with Gasteiger partial charge in [-0.1, -0.05) is 36.2 Å². The van der Waals surface area contributed by atoms with Crippen LogP contribution in [0.1, 0.15) is 45.4 Å². The fourth-order valence-corrected chi connectivity index (χ4v) is 6.51. The zero-order valence-electron chi connectivity index (χ0n) is 19.5. The number of nitrogens with zero attached hydrogens (tertiary/aromatic N) is 2. The number of rotatable bonds is 4. The highest BCUT2D eigenvalue weighted by Crippen LogP contribution is 2.51. The summed E-state index contributed by atoms with van der Waals surface area (Å²) in [7, 11) is 0. The topological polar surface area (TPSA) is 41.9 Å². The lowest BCUT2D eigenvalue weighted by atomic mass is 9.63. The van der Waals surface area contributed by atoms with E-state index in [0.29, 0.717) is 17.8 Å². The van der Waals surface area contributed by atoms with E-state index in [4.69, 9.17) is 11.6 Å². The Balaban J connectivity index is 1.60. The summed E-state index contributed by atoms with van der Waals surface area (Å²) in [5.74, 6) is 2.58. The number of aryl methyl sites for hydroxylation is 2. The molecule has 5 heteroatoms. The van der Waals surface area contributed by atoms with Gasteiger partial charge in [0.05, 0.1) is 5.54 Å². The van der Waals surface area contributed by atoms with E-state index in [1.54, 1.807) is 5.57 Å². The fourth-order valence-electron chi connectivity index (χ4n) is 6.32. The SMILES string of the molecule is Cc1nccn1CCC1=CC2=C(CC(C)C(Cl)=C2)C(C2CCNCC2)[C@]2(C)NC=CC=C12. The first-order valence-electron chi connectivity index (χ1n) is 12.1. The maximum absolute atomic E-state index is 6.72. The van der Waals surface area contributed by atoms with Crippen LogP contribution in [0.4, 0.5) is 0 Å².